The van der Waals surface area contributed by atoms with Crippen LogP contribution in [0.5, 0.6) is 0 Å². The molecule has 0 aliphatic heterocycles. The lowest BCUT2D eigenvalue weighted by Gasteiger charge is -2.18. The minimum Gasteiger partial charge on any atom is -0.480 e. The molecule has 0 bridgehead atoms. The molecule has 3 aromatic carbocycles. The van der Waals surface area contributed by atoms with E-state index in [1.165, 1.54) is 0 Å². The number of hydrogen-bond donors (Lipinski definition) is 2. The molecule has 0 aromatic heterocycles. The van der Waals surface area contributed by atoms with Crippen molar-refractivity contribution in [3.63, 3.8) is 0 Å². The van der Waals surface area contributed by atoms with Crippen LogP contribution in [-0.2, 0) is 20.7 Å². The number of hydrogen-bond acceptors (Lipinski definition) is 5. The second-order valence-corrected chi connectivity index (χ2v) is 7.99. The molecule has 1 aliphatic rings. The Morgan fingerprint density at radius 2 is 1.56 bits per heavy atom. The zero-order valence-corrected chi connectivity index (χ0v) is 18.7. The summed E-state index contributed by atoms with van der Waals surface area (Å²) in [5.74, 6) is -1.81. The standard InChI is InChI=1S/C27H25NO6/c1-2-33-26(31)18-9-7-8-17(14-18)15-24(25(29)30)28-27(32)34-16-23-21-12-5-3-10-19(21)20-11-4-6-13-22(20)23/h3-14,23-24H,2,15-16H2,1H3,(H,28,32)(H,29,30). The number of alkyl carbamates (subject to hydrolysis) is 1. The van der Waals surface area contributed by atoms with E-state index in [0.717, 1.165) is 22.3 Å². The van der Waals surface area contributed by atoms with Gasteiger partial charge in [-0.2, -0.15) is 0 Å². The third-order valence-electron chi connectivity index (χ3n) is 5.81. The van der Waals surface area contributed by atoms with Crippen molar-refractivity contribution >= 4 is 18.0 Å². The van der Waals surface area contributed by atoms with Gasteiger partial charge in [-0.1, -0.05) is 60.7 Å². The van der Waals surface area contributed by atoms with Crippen LogP contribution in [0.4, 0.5) is 4.79 Å². The Balaban J connectivity index is 1.41. The second-order valence-electron chi connectivity index (χ2n) is 7.99. The van der Waals surface area contributed by atoms with Gasteiger partial charge in [-0.25, -0.2) is 14.4 Å². The number of benzene rings is 3. The van der Waals surface area contributed by atoms with E-state index >= 15 is 0 Å². The van der Waals surface area contributed by atoms with Crippen molar-refractivity contribution in [1.29, 1.82) is 0 Å². The summed E-state index contributed by atoms with van der Waals surface area (Å²) < 4.78 is 10.5. The fourth-order valence-electron chi connectivity index (χ4n) is 4.26. The molecule has 0 heterocycles. The van der Waals surface area contributed by atoms with Crippen molar-refractivity contribution in [2.45, 2.75) is 25.3 Å². The maximum atomic E-state index is 12.5. The van der Waals surface area contributed by atoms with Crippen LogP contribution in [0.15, 0.2) is 72.8 Å². The summed E-state index contributed by atoms with van der Waals surface area (Å²) in [4.78, 5) is 36.3. The predicted octanol–water partition coefficient (Wildman–Crippen LogP) is 4.40. The minimum absolute atomic E-state index is 0.00717. The average Bonchev–Trinajstić information content (AvgIpc) is 3.16. The first kappa shape index (κ1) is 23.0. The maximum Gasteiger partial charge on any atom is 0.407 e. The number of amides is 1. The fourth-order valence-corrected chi connectivity index (χ4v) is 4.26. The van der Waals surface area contributed by atoms with Crippen LogP contribution in [0.3, 0.4) is 0 Å². The minimum atomic E-state index is -1.21. The van der Waals surface area contributed by atoms with Crippen molar-refractivity contribution < 1.29 is 29.0 Å². The van der Waals surface area contributed by atoms with Gasteiger partial charge < -0.3 is 19.9 Å². The fraction of sp³-hybridized carbons (Fsp3) is 0.222. The lowest BCUT2D eigenvalue weighted by molar-refractivity contribution is -0.139. The Kier molecular flexibility index (Phi) is 6.92. The van der Waals surface area contributed by atoms with E-state index in [9.17, 15) is 19.5 Å². The zero-order valence-electron chi connectivity index (χ0n) is 18.7. The molecule has 7 heteroatoms. The number of carboxylic acids is 1. The molecule has 7 nitrogen and oxygen atoms in total. The van der Waals surface area contributed by atoms with Crippen LogP contribution in [0.1, 0.15) is 39.9 Å². The van der Waals surface area contributed by atoms with E-state index in [0.29, 0.717) is 11.1 Å². The van der Waals surface area contributed by atoms with Crippen molar-refractivity contribution in [2.24, 2.45) is 0 Å². The molecule has 0 saturated heterocycles. The molecule has 0 radical (unpaired) electrons. The summed E-state index contributed by atoms with van der Waals surface area (Å²) in [5, 5.41) is 12.1. The molecule has 0 spiro atoms. The smallest absolute Gasteiger partial charge is 0.407 e. The number of esters is 1. The molecule has 0 saturated carbocycles. The molecule has 1 amide bonds. The number of carbonyl (C=O) groups excluding carboxylic acids is 2. The van der Waals surface area contributed by atoms with Crippen LogP contribution in [0, 0.1) is 0 Å². The molecule has 2 N–H and O–H groups in total. The molecule has 174 valence electrons. The Bertz CT molecular complexity index is 1180. The van der Waals surface area contributed by atoms with Crippen molar-refractivity contribution in [3.05, 3.63) is 95.1 Å². The van der Waals surface area contributed by atoms with Gasteiger partial charge in [-0.3, -0.25) is 0 Å². The van der Waals surface area contributed by atoms with Gasteiger partial charge in [0.05, 0.1) is 12.2 Å². The first-order chi connectivity index (χ1) is 16.5. The lowest BCUT2D eigenvalue weighted by atomic mass is 9.98. The molecule has 1 aliphatic carbocycles. The van der Waals surface area contributed by atoms with Gasteiger partial charge in [-0.15, -0.1) is 0 Å². The highest BCUT2D eigenvalue weighted by Crippen LogP contribution is 2.44. The highest BCUT2D eigenvalue weighted by molar-refractivity contribution is 5.89. The number of fused-ring (bicyclic) bond motifs is 3. The second kappa shape index (κ2) is 10.2. The summed E-state index contributed by atoms with van der Waals surface area (Å²) in [5.41, 5.74) is 5.26. The molecular formula is C27H25NO6. The van der Waals surface area contributed by atoms with Gasteiger partial charge in [-0.05, 0) is 46.9 Å². The third kappa shape index (κ3) is 4.93. The summed E-state index contributed by atoms with van der Waals surface area (Å²) in [6, 6.07) is 21.2. The number of aliphatic carboxylic acids is 1. The van der Waals surface area contributed by atoms with Crippen molar-refractivity contribution in [2.75, 3.05) is 13.2 Å². The van der Waals surface area contributed by atoms with E-state index in [1.807, 2.05) is 48.5 Å². The zero-order chi connectivity index (χ0) is 24.1. The van der Waals surface area contributed by atoms with Gasteiger partial charge in [0, 0.05) is 12.3 Å². The molecule has 0 fully saturated rings. The first-order valence-corrected chi connectivity index (χ1v) is 11.1. The molecule has 1 unspecified atom stereocenters. The number of ether oxygens (including phenoxy) is 2. The largest absolute Gasteiger partial charge is 0.480 e. The lowest BCUT2D eigenvalue weighted by Crippen LogP contribution is -2.43. The van der Waals surface area contributed by atoms with Crippen LogP contribution in [0.2, 0.25) is 0 Å². The van der Waals surface area contributed by atoms with E-state index < -0.39 is 24.1 Å². The van der Waals surface area contributed by atoms with Crippen molar-refractivity contribution in [3.8, 4) is 11.1 Å². The SMILES string of the molecule is CCOC(=O)c1cccc(CC(NC(=O)OCC2c3ccccc3-c3ccccc32)C(=O)O)c1. The summed E-state index contributed by atoms with van der Waals surface area (Å²) >= 11 is 0. The number of nitrogens with one attached hydrogen (secondary N) is 1. The summed E-state index contributed by atoms with van der Waals surface area (Å²) in [7, 11) is 0. The van der Waals surface area contributed by atoms with E-state index in [1.54, 1.807) is 31.2 Å². The van der Waals surface area contributed by atoms with Gasteiger partial charge in [0.15, 0.2) is 0 Å². The quantitative estimate of drug-likeness (QED) is 0.484. The Hall–Kier alpha value is -4.13. The molecular weight excluding hydrogens is 434 g/mol. The first-order valence-electron chi connectivity index (χ1n) is 11.1. The monoisotopic (exact) mass is 459 g/mol. The summed E-state index contributed by atoms with van der Waals surface area (Å²) in [6.45, 7) is 2.04. The Labute approximate surface area is 197 Å². The molecule has 1 atom stereocenters. The third-order valence-corrected chi connectivity index (χ3v) is 5.81. The van der Waals surface area contributed by atoms with Gasteiger partial charge in [0.2, 0.25) is 0 Å². The number of carboxylic acid groups (broad SMARTS) is 1. The van der Waals surface area contributed by atoms with Crippen LogP contribution >= 0.6 is 0 Å². The molecule has 4 rings (SSSR count). The maximum absolute atomic E-state index is 12.5. The molecule has 34 heavy (non-hydrogen) atoms. The van der Waals surface area contributed by atoms with Crippen LogP contribution in [-0.4, -0.2) is 42.4 Å². The number of carbonyl (C=O) groups is 3. The van der Waals surface area contributed by atoms with E-state index in [-0.39, 0.29) is 25.6 Å². The van der Waals surface area contributed by atoms with E-state index in [2.05, 4.69) is 5.32 Å². The van der Waals surface area contributed by atoms with Crippen LogP contribution < -0.4 is 5.32 Å². The normalized spacial score (nSPS) is 12.9. The van der Waals surface area contributed by atoms with Gasteiger partial charge in [0.1, 0.15) is 12.6 Å². The Morgan fingerprint density at radius 1 is 0.912 bits per heavy atom. The predicted molar refractivity (Wildman–Crippen MR) is 126 cm³/mol. The highest BCUT2D eigenvalue weighted by atomic mass is 16.5. The molecule has 3 aromatic rings. The highest BCUT2D eigenvalue weighted by Gasteiger charge is 2.29. The van der Waals surface area contributed by atoms with Crippen LogP contribution in [0.25, 0.3) is 11.1 Å². The Morgan fingerprint density at radius 3 is 2.18 bits per heavy atom. The van der Waals surface area contributed by atoms with Gasteiger partial charge >= 0.3 is 18.0 Å². The van der Waals surface area contributed by atoms with Crippen molar-refractivity contribution in [1.82, 2.24) is 5.32 Å². The van der Waals surface area contributed by atoms with E-state index in [4.69, 9.17) is 9.47 Å². The summed E-state index contributed by atoms with van der Waals surface area (Å²) in [6.07, 6.45) is -0.817. The number of rotatable bonds is 8. The topological polar surface area (TPSA) is 102 Å². The average molecular weight is 459 g/mol. The van der Waals surface area contributed by atoms with Gasteiger partial charge in [0.25, 0.3) is 0 Å².